The van der Waals surface area contributed by atoms with Crippen LogP contribution in [0.1, 0.15) is 64.8 Å². The summed E-state index contributed by atoms with van der Waals surface area (Å²) in [6.45, 7) is -0.254. The van der Waals surface area contributed by atoms with E-state index in [1.807, 2.05) is 6.07 Å². The summed E-state index contributed by atoms with van der Waals surface area (Å²) in [5, 5.41) is 20.7. The lowest BCUT2D eigenvalue weighted by atomic mass is 9.76. The number of aliphatic hydroxyl groups excluding tert-OH is 2. The van der Waals surface area contributed by atoms with Gasteiger partial charge in [-0.1, -0.05) is 41.4 Å². The van der Waals surface area contributed by atoms with Crippen molar-refractivity contribution >= 4 is 35.0 Å². The number of hydrogen-bond acceptors (Lipinski definition) is 5. The van der Waals surface area contributed by atoms with Crippen LogP contribution in [0.25, 0.3) is 11.1 Å². The fourth-order valence-corrected chi connectivity index (χ4v) is 6.23. The van der Waals surface area contributed by atoms with E-state index >= 15 is 0 Å². The molecule has 1 fully saturated rings. The van der Waals surface area contributed by atoms with E-state index in [9.17, 15) is 19.8 Å². The zero-order valence-electron chi connectivity index (χ0n) is 20.0. The SMILES string of the molecule is NC(=O)[C@@H]1c2cc(-c3cccnc3CO)ccc2C(=O)N(C2CCC(O)CC2)[C@H]1c1ccc(Cl)cc1Cl. The van der Waals surface area contributed by atoms with Crippen LogP contribution >= 0.6 is 23.2 Å². The highest BCUT2D eigenvalue weighted by Gasteiger charge is 2.47. The summed E-state index contributed by atoms with van der Waals surface area (Å²) in [4.78, 5) is 33.2. The summed E-state index contributed by atoms with van der Waals surface area (Å²) >= 11 is 12.8. The number of nitrogens with two attached hydrogens (primary N) is 1. The van der Waals surface area contributed by atoms with Crippen molar-refractivity contribution in [1.82, 2.24) is 9.88 Å². The molecule has 1 aliphatic carbocycles. The highest BCUT2D eigenvalue weighted by atomic mass is 35.5. The van der Waals surface area contributed by atoms with E-state index < -0.39 is 24.0 Å². The molecular formula is C28H27Cl2N3O4. The molecule has 0 saturated heterocycles. The van der Waals surface area contributed by atoms with Crippen LogP contribution in [-0.4, -0.2) is 44.1 Å². The van der Waals surface area contributed by atoms with Gasteiger partial charge >= 0.3 is 0 Å². The molecule has 2 heterocycles. The predicted octanol–water partition coefficient (Wildman–Crippen LogP) is 4.62. The van der Waals surface area contributed by atoms with Crippen molar-refractivity contribution in [3.05, 3.63) is 87.2 Å². The molecule has 0 spiro atoms. The molecule has 1 saturated carbocycles. The average molecular weight is 540 g/mol. The number of fused-ring (bicyclic) bond motifs is 1. The molecule has 1 aromatic heterocycles. The minimum absolute atomic E-state index is 0.193. The number of aromatic nitrogens is 1. The van der Waals surface area contributed by atoms with Gasteiger partial charge < -0.3 is 20.8 Å². The van der Waals surface area contributed by atoms with Crippen LogP contribution in [0.5, 0.6) is 0 Å². The number of carbonyl (C=O) groups is 2. The molecule has 4 N–H and O–H groups in total. The highest BCUT2D eigenvalue weighted by molar-refractivity contribution is 6.35. The van der Waals surface area contributed by atoms with Gasteiger partial charge in [0.1, 0.15) is 0 Å². The lowest BCUT2D eigenvalue weighted by Gasteiger charge is -2.47. The first-order chi connectivity index (χ1) is 17.8. The third-order valence-electron chi connectivity index (χ3n) is 7.47. The Balaban J connectivity index is 1.71. The van der Waals surface area contributed by atoms with Gasteiger partial charge in [-0.2, -0.15) is 0 Å². The zero-order chi connectivity index (χ0) is 26.3. The molecule has 1 aliphatic heterocycles. The maximum atomic E-state index is 14.1. The molecule has 7 nitrogen and oxygen atoms in total. The number of carbonyl (C=O) groups excluding carboxylic acids is 2. The van der Waals surface area contributed by atoms with Crippen molar-refractivity contribution in [2.24, 2.45) is 5.73 Å². The third kappa shape index (κ3) is 4.73. The molecule has 0 radical (unpaired) electrons. The van der Waals surface area contributed by atoms with Crippen LogP contribution in [0.15, 0.2) is 54.7 Å². The first-order valence-corrected chi connectivity index (χ1v) is 13.0. The molecule has 2 aromatic carbocycles. The maximum absolute atomic E-state index is 14.1. The first-order valence-electron chi connectivity index (χ1n) is 12.2. The molecule has 2 aliphatic rings. The minimum atomic E-state index is -0.882. The number of nitrogens with zero attached hydrogens (tertiary/aromatic N) is 2. The summed E-state index contributed by atoms with van der Waals surface area (Å²) in [5.41, 5.74) is 9.45. The van der Waals surface area contributed by atoms with Crippen LogP contribution < -0.4 is 5.73 Å². The fraction of sp³-hybridized carbons (Fsp3) is 0.321. The van der Waals surface area contributed by atoms with E-state index in [4.69, 9.17) is 28.9 Å². The number of pyridine rings is 1. The number of hydrogen-bond donors (Lipinski definition) is 3. The van der Waals surface area contributed by atoms with E-state index in [1.54, 1.807) is 53.6 Å². The lowest BCUT2D eigenvalue weighted by molar-refractivity contribution is -0.121. The van der Waals surface area contributed by atoms with E-state index in [-0.39, 0.29) is 18.6 Å². The number of benzene rings is 2. The lowest BCUT2D eigenvalue weighted by Crippen LogP contribution is -2.52. The van der Waals surface area contributed by atoms with Gasteiger partial charge in [-0.25, -0.2) is 0 Å². The Morgan fingerprint density at radius 3 is 2.46 bits per heavy atom. The van der Waals surface area contributed by atoms with Crippen LogP contribution in [0.4, 0.5) is 0 Å². The number of aliphatic hydroxyl groups is 2. The molecule has 0 unspecified atom stereocenters. The quantitative estimate of drug-likeness (QED) is 0.437. The molecule has 2 atom stereocenters. The van der Waals surface area contributed by atoms with Crippen molar-refractivity contribution in [2.45, 2.75) is 56.4 Å². The Kier molecular flexibility index (Phi) is 7.23. The second kappa shape index (κ2) is 10.4. The molecule has 192 valence electrons. The maximum Gasteiger partial charge on any atom is 0.254 e. The average Bonchev–Trinajstić information content (AvgIpc) is 2.89. The monoisotopic (exact) mass is 539 g/mol. The molecule has 37 heavy (non-hydrogen) atoms. The summed E-state index contributed by atoms with van der Waals surface area (Å²) in [6, 6.07) is 13.0. The van der Waals surface area contributed by atoms with Crippen molar-refractivity contribution in [3.8, 4) is 11.1 Å². The molecule has 3 aromatic rings. The minimum Gasteiger partial charge on any atom is -0.393 e. The molecular weight excluding hydrogens is 513 g/mol. The normalized spacial score (nSPS) is 23.6. The van der Waals surface area contributed by atoms with Gasteiger partial charge in [0.25, 0.3) is 5.91 Å². The van der Waals surface area contributed by atoms with Gasteiger partial charge in [0.15, 0.2) is 0 Å². The molecule has 5 rings (SSSR count). The van der Waals surface area contributed by atoms with Crippen LogP contribution in [0.2, 0.25) is 10.0 Å². The van der Waals surface area contributed by atoms with E-state index in [2.05, 4.69) is 4.98 Å². The summed E-state index contributed by atoms with van der Waals surface area (Å²) < 4.78 is 0. The highest BCUT2D eigenvalue weighted by Crippen LogP contribution is 2.48. The topological polar surface area (TPSA) is 117 Å². The van der Waals surface area contributed by atoms with E-state index in [1.165, 1.54) is 0 Å². The van der Waals surface area contributed by atoms with Crippen LogP contribution in [0.3, 0.4) is 0 Å². The fourth-order valence-electron chi connectivity index (χ4n) is 5.71. The number of halogens is 2. The Bertz CT molecular complexity index is 1360. The van der Waals surface area contributed by atoms with Crippen LogP contribution in [0, 0.1) is 0 Å². The number of amides is 2. The second-order valence-corrected chi connectivity index (χ2v) is 10.5. The largest absolute Gasteiger partial charge is 0.393 e. The van der Waals surface area contributed by atoms with Crippen molar-refractivity contribution in [3.63, 3.8) is 0 Å². The second-order valence-electron chi connectivity index (χ2n) is 9.62. The van der Waals surface area contributed by atoms with Crippen molar-refractivity contribution in [1.29, 1.82) is 0 Å². The van der Waals surface area contributed by atoms with Crippen molar-refractivity contribution in [2.75, 3.05) is 0 Å². The van der Waals surface area contributed by atoms with Crippen LogP contribution in [-0.2, 0) is 11.4 Å². The number of rotatable bonds is 5. The van der Waals surface area contributed by atoms with Gasteiger partial charge in [0, 0.05) is 33.4 Å². The molecule has 9 heteroatoms. The van der Waals surface area contributed by atoms with E-state index in [0.717, 1.165) is 0 Å². The molecule has 2 amide bonds. The van der Waals surface area contributed by atoms with Gasteiger partial charge in [0.05, 0.1) is 30.4 Å². The van der Waals surface area contributed by atoms with Gasteiger partial charge in [-0.15, -0.1) is 0 Å². The smallest absolute Gasteiger partial charge is 0.254 e. The third-order valence-corrected chi connectivity index (χ3v) is 8.03. The first kappa shape index (κ1) is 25.7. The summed E-state index contributed by atoms with van der Waals surface area (Å²) in [7, 11) is 0. The van der Waals surface area contributed by atoms with Gasteiger partial charge in [-0.3, -0.25) is 14.6 Å². The Morgan fingerprint density at radius 1 is 1.03 bits per heavy atom. The number of primary amides is 1. The summed E-state index contributed by atoms with van der Waals surface area (Å²) in [6.07, 6.45) is 3.52. The zero-order valence-corrected chi connectivity index (χ0v) is 21.5. The van der Waals surface area contributed by atoms with Gasteiger partial charge in [-0.05, 0) is 72.7 Å². The van der Waals surface area contributed by atoms with Gasteiger partial charge in [0.2, 0.25) is 5.91 Å². The summed E-state index contributed by atoms with van der Waals surface area (Å²) in [5.74, 6) is -1.69. The Hall–Kier alpha value is -2.97. The molecule has 0 bridgehead atoms. The van der Waals surface area contributed by atoms with Crippen molar-refractivity contribution < 1.29 is 19.8 Å². The van der Waals surface area contributed by atoms with E-state index in [0.29, 0.717) is 69.2 Å². The standard InChI is InChI=1S/C28H27Cl2N3O4/c29-16-4-10-21(23(30)13-16)26-25(27(31)36)22-12-15(19-2-1-11-32-24(19)14-34)3-9-20(22)28(37)33(26)17-5-7-18(35)8-6-17/h1-4,9-13,17-18,25-26,34-35H,5-8,14H2,(H2,31,36)/t17?,18?,25-,26+/m1/s1. The Labute approximate surface area is 224 Å². The Morgan fingerprint density at radius 2 is 1.78 bits per heavy atom. The predicted molar refractivity (Wildman–Crippen MR) is 141 cm³/mol.